The van der Waals surface area contributed by atoms with E-state index in [1.807, 2.05) is 0 Å². The first-order valence-electron chi connectivity index (χ1n) is 6.56. The fourth-order valence-corrected chi connectivity index (χ4v) is 3.61. The molecule has 7 nitrogen and oxygen atoms in total. The molecular weight excluding hydrogens is 364 g/mol. The van der Waals surface area contributed by atoms with Gasteiger partial charge in [0, 0.05) is 26.3 Å². The molecule has 0 aliphatic carbocycles. The summed E-state index contributed by atoms with van der Waals surface area (Å²) in [6.45, 7) is 2.17. The molecule has 0 fully saturated rings. The van der Waals surface area contributed by atoms with E-state index in [-0.39, 0.29) is 16.1 Å². The number of ether oxygens (including phenoxy) is 2. The summed E-state index contributed by atoms with van der Waals surface area (Å²) in [5.74, 6) is 0.411. The molecular formula is C12H21BrN2O5S. The smallest absolute Gasteiger partial charge is 0.244 e. The average molecular weight is 385 g/mol. The van der Waals surface area contributed by atoms with Gasteiger partial charge >= 0.3 is 0 Å². The van der Waals surface area contributed by atoms with Crippen LogP contribution in [0.5, 0.6) is 0 Å². The Balaban J connectivity index is 2.31. The third kappa shape index (κ3) is 6.45. The molecule has 0 aliphatic heterocycles. The monoisotopic (exact) mass is 384 g/mol. The Morgan fingerprint density at radius 1 is 1.33 bits per heavy atom. The Bertz CT molecular complexity index is 518. The highest BCUT2D eigenvalue weighted by atomic mass is 79.9. The van der Waals surface area contributed by atoms with Crippen molar-refractivity contribution in [3.8, 4) is 0 Å². The predicted molar refractivity (Wildman–Crippen MR) is 81.4 cm³/mol. The Hall–Kier alpha value is -0.450. The Labute approximate surface area is 133 Å². The van der Waals surface area contributed by atoms with E-state index in [0.29, 0.717) is 38.5 Å². The molecule has 21 heavy (non-hydrogen) atoms. The van der Waals surface area contributed by atoms with Gasteiger partial charge in [-0.05, 0) is 28.8 Å². The van der Waals surface area contributed by atoms with Crippen LogP contribution >= 0.6 is 15.9 Å². The predicted octanol–water partition coefficient (Wildman–Crippen LogP) is 1.22. The average Bonchev–Trinajstić information content (AvgIpc) is 2.84. The van der Waals surface area contributed by atoms with Crippen molar-refractivity contribution in [2.24, 2.45) is 5.73 Å². The number of nitrogens with one attached hydrogen (secondary N) is 1. The molecule has 3 N–H and O–H groups in total. The normalized spacial score (nSPS) is 12.0. The molecule has 1 rings (SSSR count). The van der Waals surface area contributed by atoms with Gasteiger partial charge in [-0.1, -0.05) is 0 Å². The van der Waals surface area contributed by atoms with Crippen LogP contribution < -0.4 is 10.5 Å². The van der Waals surface area contributed by atoms with Gasteiger partial charge in [0.2, 0.25) is 10.0 Å². The maximum atomic E-state index is 12.1. The molecule has 1 heterocycles. The number of nitrogens with two attached hydrogens (primary N) is 1. The van der Waals surface area contributed by atoms with E-state index >= 15 is 0 Å². The third-order valence-electron chi connectivity index (χ3n) is 2.64. The Kier molecular flexibility index (Phi) is 8.45. The number of hydrogen-bond acceptors (Lipinski definition) is 6. The van der Waals surface area contributed by atoms with Crippen molar-refractivity contribution >= 4 is 26.0 Å². The summed E-state index contributed by atoms with van der Waals surface area (Å²) >= 11 is 3.08. The molecule has 0 bridgehead atoms. The maximum absolute atomic E-state index is 12.1. The lowest BCUT2D eigenvalue weighted by Gasteiger charge is -2.06. The van der Waals surface area contributed by atoms with Crippen molar-refractivity contribution < 1.29 is 22.3 Å². The zero-order valence-electron chi connectivity index (χ0n) is 11.9. The fraction of sp³-hybridized carbons (Fsp3) is 0.667. The summed E-state index contributed by atoms with van der Waals surface area (Å²) in [4.78, 5) is 0.0688. The third-order valence-corrected chi connectivity index (χ3v) is 4.95. The van der Waals surface area contributed by atoms with Gasteiger partial charge in [-0.2, -0.15) is 0 Å². The van der Waals surface area contributed by atoms with Gasteiger partial charge in [0.15, 0.2) is 4.67 Å². The SMILES string of the molecule is COCCOCCCCNS(=O)(=O)c1cc(CN)oc1Br. The van der Waals surface area contributed by atoms with Crippen LogP contribution in [0.4, 0.5) is 0 Å². The number of methoxy groups -OCH3 is 1. The second-order valence-corrected chi connectivity index (χ2v) is 6.72. The number of unbranched alkanes of at least 4 members (excludes halogenated alkanes) is 1. The summed E-state index contributed by atoms with van der Waals surface area (Å²) < 4.78 is 42.1. The van der Waals surface area contributed by atoms with Gasteiger partial charge in [-0.3, -0.25) is 0 Å². The van der Waals surface area contributed by atoms with Gasteiger partial charge in [0.25, 0.3) is 0 Å². The molecule has 9 heteroatoms. The molecule has 0 saturated heterocycles. The van der Waals surface area contributed by atoms with Crippen LogP contribution in [-0.2, 0) is 26.0 Å². The number of halogens is 1. The van der Waals surface area contributed by atoms with Crippen LogP contribution in [0.2, 0.25) is 0 Å². The van der Waals surface area contributed by atoms with E-state index in [9.17, 15) is 8.42 Å². The molecule has 0 radical (unpaired) electrons. The zero-order chi connectivity index (χ0) is 15.7. The summed E-state index contributed by atoms with van der Waals surface area (Å²) in [6, 6.07) is 1.42. The molecule has 1 aromatic heterocycles. The van der Waals surface area contributed by atoms with Gasteiger partial charge < -0.3 is 19.6 Å². The Morgan fingerprint density at radius 3 is 2.71 bits per heavy atom. The molecule has 0 aliphatic rings. The molecule has 0 spiro atoms. The summed E-state index contributed by atoms with van der Waals surface area (Å²) in [6.07, 6.45) is 1.46. The zero-order valence-corrected chi connectivity index (χ0v) is 14.3. The topological polar surface area (TPSA) is 104 Å². The van der Waals surface area contributed by atoms with E-state index in [1.165, 1.54) is 6.07 Å². The first kappa shape index (κ1) is 18.6. The second-order valence-electron chi connectivity index (χ2n) is 4.26. The maximum Gasteiger partial charge on any atom is 0.244 e. The van der Waals surface area contributed by atoms with Gasteiger partial charge in [-0.15, -0.1) is 0 Å². The standard InChI is InChI=1S/C12H21BrN2O5S/c1-18-6-7-19-5-3-2-4-15-21(16,17)11-8-10(9-14)20-12(11)13/h8,15H,2-7,9,14H2,1H3. The summed E-state index contributed by atoms with van der Waals surface area (Å²) in [5, 5.41) is 0. The molecule has 0 aromatic carbocycles. The van der Waals surface area contributed by atoms with Crippen molar-refractivity contribution in [1.29, 1.82) is 0 Å². The molecule has 122 valence electrons. The lowest BCUT2D eigenvalue weighted by atomic mass is 10.3. The molecule has 0 unspecified atom stereocenters. The first-order valence-corrected chi connectivity index (χ1v) is 8.83. The molecule has 0 atom stereocenters. The number of furan rings is 1. The second kappa shape index (κ2) is 9.54. The van der Waals surface area contributed by atoms with Gasteiger partial charge in [-0.25, -0.2) is 13.1 Å². The van der Waals surface area contributed by atoms with E-state index < -0.39 is 10.0 Å². The van der Waals surface area contributed by atoms with Crippen LogP contribution in [0.25, 0.3) is 0 Å². The number of hydrogen-bond donors (Lipinski definition) is 2. The fourth-order valence-electron chi connectivity index (χ4n) is 1.54. The van der Waals surface area contributed by atoms with Gasteiger partial charge in [0.1, 0.15) is 10.7 Å². The van der Waals surface area contributed by atoms with E-state index in [1.54, 1.807) is 7.11 Å². The van der Waals surface area contributed by atoms with Crippen molar-refractivity contribution in [2.45, 2.75) is 24.3 Å². The first-order chi connectivity index (χ1) is 10.0. The van der Waals surface area contributed by atoms with E-state index in [0.717, 1.165) is 6.42 Å². The lowest BCUT2D eigenvalue weighted by Crippen LogP contribution is -2.25. The van der Waals surface area contributed by atoms with Crippen molar-refractivity contribution in [3.63, 3.8) is 0 Å². The molecule has 0 saturated carbocycles. The van der Waals surface area contributed by atoms with Crippen molar-refractivity contribution in [1.82, 2.24) is 4.72 Å². The summed E-state index contributed by atoms with van der Waals surface area (Å²) in [7, 11) is -1.98. The quantitative estimate of drug-likeness (QED) is 0.555. The minimum atomic E-state index is -3.59. The van der Waals surface area contributed by atoms with Crippen LogP contribution in [0.1, 0.15) is 18.6 Å². The lowest BCUT2D eigenvalue weighted by molar-refractivity contribution is 0.0689. The highest BCUT2D eigenvalue weighted by Crippen LogP contribution is 2.25. The van der Waals surface area contributed by atoms with Crippen LogP contribution in [0.3, 0.4) is 0 Å². The largest absolute Gasteiger partial charge is 0.452 e. The molecule has 1 aromatic rings. The van der Waals surface area contributed by atoms with Crippen molar-refractivity contribution in [3.05, 3.63) is 16.5 Å². The highest BCUT2D eigenvalue weighted by molar-refractivity contribution is 9.10. The Morgan fingerprint density at radius 2 is 2.10 bits per heavy atom. The van der Waals surface area contributed by atoms with Crippen LogP contribution in [0, 0.1) is 0 Å². The summed E-state index contributed by atoms with van der Waals surface area (Å²) in [5.41, 5.74) is 5.41. The molecule has 0 amide bonds. The number of rotatable bonds is 11. The van der Waals surface area contributed by atoms with Crippen LogP contribution in [-0.4, -0.2) is 41.9 Å². The minimum absolute atomic E-state index is 0.0688. The minimum Gasteiger partial charge on any atom is -0.452 e. The van der Waals surface area contributed by atoms with E-state index in [4.69, 9.17) is 19.6 Å². The highest BCUT2D eigenvalue weighted by Gasteiger charge is 2.21. The van der Waals surface area contributed by atoms with Gasteiger partial charge in [0.05, 0.1) is 19.8 Å². The van der Waals surface area contributed by atoms with E-state index in [2.05, 4.69) is 20.7 Å². The van der Waals surface area contributed by atoms with Crippen molar-refractivity contribution in [2.75, 3.05) is 33.5 Å². The van der Waals surface area contributed by atoms with Crippen LogP contribution in [0.15, 0.2) is 20.0 Å². The number of sulfonamides is 1.